The average molecular weight is 276 g/mol. The van der Waals surface area contributed by atoms with Gasteiger partial charge in [0.2, 0.25) is 0 Å². The maximum Gasteiger partial charge on any atom is 0.279 e. The van der Waals surface area contributed by atoms with Crippen molar-refractivity contribution in [3.8, 4) is 5.69 Å². The number of nitrogens with zero attached hydrogens (tertiary/aromatic N) is 1. The lowest BCUT2D eigenvalue weighted by atomic mass is 10.1. The summed E-state index contributed by atoms with van der Waals surface area (Å²) in [6.45, 7) is 5.97. The molecule has 0 fully saturated rings. The van der Waals surface area contributed by atoms with E-state index in [-0.39, 0.29) is 5.56 Å². The van der Waals surface area contributed by atoms with Crippen molar-refractivity contribution in [2.24, 2.45) is 0 Å². The highest BCUT2D eigenvalue weighted by Crippen LogP contribution is 2.04. The Hall–Kier alpha value is -2.81. The third-order valence-electron chi connectivity index (χ3n) is 3.37. The van der Waals surface area contributed by atoms with Crippen LogP contribution in [0.25, 0.3) is 18.3 Å². The minimum Gasteiger partial charge on any atom is -0.291 e. The van der Waals surface area contributed by atoms with E-state index in [0.717, 1.165) is 16.8 Å². The number of aryl methyl sites for hydroxylation is 1. The van der Waals surface area contributed by atoms with Gasteiger partial charge in [0, 0.05) is 0 Å². The van der Waals surface area contributed by atoms with Gasteiger partial charge in [-0.15, -0.1) is 0 Å². The fraction of sp³-hybridized carbons (Fsp3) is 0.0556. The van der Waals surface area contributed by atoms with Crippen LogP contribution in [0.2, 0.25) is 0 Å². The predicted molar refractivity (Wildman–Crippen MR) is 85.9 cm³/mol. The molecule has 0 amide bonds. The lowest BCUT2D eigenvalue weighted by Gasteiger charge is -1.98. The number of H-pyrrole nitrogens is 1. The Morgan fingerprint density at radius 3 is 2.57 bits per heavy atom. The number of hydrogen-bond acceptors (Lipinski definition) is 1. The Morgan fingerprint density at radius 1 is 1.10 bits per heavy atom. The molecule has 0 aliphatic heterocycles. The second-order valence-electron chi connectivity index (χ2n) is 5.04. The Bertz CT molecular complexity index is 933. The smallest absolute Gasteiger partial charge is 0.279 e. The molecule has 3 nitrogen and oxygen atoms in total. The van der Waals surface area contributed by atoms with Gasteiger partial charge in [0.05, 0.1) is 16.3 Å². The molecule has 0 unspecified atom stereocenters. The van der Waals surface area contributed by atoms with Gasteiger partial charge < -0.3 is 0 Å². The van der Waals surface area contributed by atoms with Crippen LogP contribution in [0.1, 0.15) is 11.1 Å². The molecule has 3 heteroatoms. The van der Waals surface area contributed by atoms with E-state index < -0.39 is 0 Å². The van der Waals surface area contributed by atoms with Crippen molar-refractivity contribution in [1.82, 2.24) is 9.78 Å². The molecule has 21 heavy (non-hydrogen) atoms. The van der Waals surface area contributed by atoms with Crippen LogP contribution in [0.5, 0.6) is 0 Å². The van der Waals surface area contributed by atoms with Crippen LogP contribution in [0, 0.1) is 6.92 Å². The first-order chi connectivity index (χ1) is 10.1. The molecule has 0 bridgehead atoms. The van der Waals surface area contributed by atoms with Gasteiger partial charge in [0.1, 0.15) is 0 Å². The number of rotatable bonds is 2. The maximum absolute atomic E-state index is 12.5. The first-order valence-electron chi connectivity index (χ1n) is 6.79. The molecule has 1 aromatic heterocycles. The first kappa shape index (κ1) is 13.2. The van der Waals surface area contributed by atoms with Crippen molar-refractivity contribution in [3.63, 3.8) is 0 Å². The molecule has 104 valence electrons. The van der Waals surface area contributed by atoms with Crippen molar-refractivity contribution >= 4 is 12.7 Å². The van der Waals surface area contributed by atoms with Gasteiger partial charge in [0.25, 0.3) is 5.56 Å². The van der Waals surface area contributed by atoms with E-state index >= 15 is 0 Å². The molecule has 1 N–H and O–H groups in total. The summed E-state index contributed by atoms with van der Waals surface area (Å²) in [5.74, 6) is 0. The van der Waals surface area contributed by atoms with Gasteiger partial charge in [-0.2, -0.15) is 0 Å². The summed E-state index contributed by atoms with van der Waals surface area (Å²) in [4.78, 5) is 12.5. The van der Waals surface area contributed by atoms with Gasteiger partial charge >= 0.3 is 0 Å². The number of nitrogens with one attached hydrogen (secondary N) is 1. The largest absolute Gasteiger partial charge is 0.291 e. The van der Waals surface area contributed by atoms with Gasteiger partial charge in [-0.25, -0.2) is 4.68 Å². The summed E-state index contributed by atoms with van der Waals surface area (Å²) in [6, 6.07) is 17.5. The number of hydrogen-bond donors (Lipinski definition) is 1. The highest BCUT2D eigenvalue weighted by Gasteiger charge is 2.03. The fourth-order valence-electron chi connectivity index (χ4n) is 2.33. The van der Waals surface area contributed by atoms with Crippen LogP contribution in [0.4, 0.5) is 0 Å². The van der Waals surface area contributed by atoms with E-state index in [1.807, 2.05) is 67.6 Å². The van der Waals surface area contributed by atoms with E-state index in [4.69, 9.17) is 0 Å². The van der Waals surface area contributed by atoms with Crippen molar-refractivity contribution in [2.45, 2.75) is 6.92 Å². The van der Waals surface area contributed by atoms with Crippen molar-refractivity contribution in [3.05, 3.63) is 86.6 Å². The first-order valence-corrected chi connectivity index (χ1v) is 6.79. The monoisotopic (exact) mass is 276 g/mol. The van der Waals surface area contributed by atoms with E-state index in [1.165, 1.54) is 4.68 Å². The minimum absolute atomic E-state index is 0.0901. The molecule has 0 aliphatic carbocycles. The molecule has 1 heterocycles. The van der Waals surface area contributed by atoms with Crippen molar-refractivity contribution in [2.75, 3.05) is 0 Å². The summed E-state index contributed by atoms with van der Waals surface area (Å²) >= 11 is 0. The van der Waals surface area contributed by atoms with Crippen LogP contribution in [0.15, 0.2) is 59.4 Å². The zero-order valence-corrected chi connectivity index (χ0v) is 11.8. The third kappa shape index (κ3) is 2.58. The van der Waals surface area contributed by atoms with Crippen LogP contribution < -0.4 is 16.1 Å². The number of para-hydroxylation sites is 1. The molecule has 0 atom stereocenters. The lowest BCUT2D eigenvalue weighted by molar-refractivity contribution is 0.838. The highest BCUT2D eigenvalue weighted by atomic mass is 16.1. The molecule has 3 rings (SSSR count). The zero-order valence-electron chi connectivity index (χ0n) is 11.8. The molecule has 2 aromatic carbocycles. The normalized spacial score (nSPS) is 11.8. The quantitative estimate of drug-likeness (QED) is 0.760. The summed E-state index contributed by atoms with van der Waals surface area (Å²) in [5, 5.41) is 4.23. The Labute approximate surface area is 122 Å². The van der Waals surface area contributed by atoms with Crippen molar-refractivity contribution < 1.29 is 0 Å². The zero-order chi connectivity index (χ0) is 14.8. The molecule has 3 aromatic rings. The Kier molecular flexibility index (Phi) is 3.32. The molecule has 0 spiro atoms. The number of aromatic amines is 1. The highest BCUT2D eigenvalue weighted by molar-refractivity contribution is 5.50. The Balaban J connectivity index is 2.20. The van der Waals surface area contributed by atoms with Crippen LogP contribution in [0.3, 0.4) is 0 Å². The van der Waals surface area contributed by atoms with Crippen LogP contribution in [-0.4, -0.2) is 9.78 Å². The van der Waals surface area contributed by atoms with E-state index in [1.54, 1.807) is 0 Å². The number of benzene rings is 2. The van der Waals surface area contributed by atoms with Crippen LogP contribution in [-0.2, 0) is 0 Å². The van der Waals surface area contributed by atoms with Gasteiger partial charge in [-0.3, -0.25) is 9.89 Å². The second kappa shape index (κ2) is 5.29. The molecular formula is C18H16N2O. The summed E-state index contributed by atoms with van der Waals surface area (Å²) in [7, 11) is 0. The molecule has 0 saturated carbocycles. The number of aromatic nitrogens is 2. The summed E-state index contributed by atoms with van der Waals surface area (Å²) < 4.78 is 1.52. The van der Waals surface area contributed by atoms with Crippen molar-refractivity contribution in [1.29, 1.82) is 0 Å². The molecule has 0 aliphatic rings. The molecule has 0 radical (unpaired) electrons. The summed E-state index contributed by atoms with van der Waals surface area (Å²) in [5.41, 5.74) is 2.87. The van der Waals surface area contributed by atoms with E-state index in [0.29, 0.717) is 10.6 Å². The topological polar surface area (TPSA) is 37.8 Å². The fourth-order valence-corrected chi connectivity index (χ4v) is 2.33. The van der Waals surface area contributed by atoms with Gasteiger partial charge in [-0.05, 0) is 30.7 Å². The molecule has 0 saturated heterocycles. The Morgan fingerprint density at radius 2 is 1.86 bits per heavy atom. The van der Waals surface area contributed by atoms with E-state index in [9.17, 15) is 4.79 Å². The second-order valence-corrected chi connectivity index (χ2v) is 5.04. The third-order valence-corrected chi connectivity index (χ3v) is 3.37. The lowest BCUT2D eigenvalue weighted by Crippen LogP contribution is -2.33. The minimum atomic E-state index is -0.0901. The summed E-state index contributed by atoms with van der Waals surface area (Å²) in [6.07, 6.45) is 1.87. The average Bonchev–Trinajstić information content (AvgIpc) is 2.76. The van der Waals surface area contributed by atoms with E-state index in [2.05, 4.69) is 11.7 Å². The van der Waals surface area contributed by atoms with Gasteiger partial charge in [0.15, 0.2) is 0 Å². The standard InChI is InChI=1S/C18H16N2O/c1-13-7-6-8-15(11-13)12-17-14(2)19-20(18(17)21)16-9-4-3-5-10-16/h3-12,19H,2H2,1H3. The maximum atomic E-state index is 12.5. The van der Waals surface area contributed by atoms with Gasteiger partial charge in [-0.1, -0.05) is 54.6 Å². The molecular weight excluding hydrogens is 260 g/mol. The predicted octanol–water partition coefficient (Wildman–Crippen LogP) is 1.71. The SMILES string of the molecule is C=c1[nH]n(-c2ccccc2)c(=O)c1=Cc1cccc(C)c1. The van der Waals surface area contributed by atoms with Crippen LogP contribution >= 0.6 is 0 Å².